The molecule has 0 bridgehead atoms. The molecule has 2 fully saturated rings. The van der Waals surface area contributed by atoms with E-state index in [-0.39, 0.29) is 23.0 Å². The van der Waals surface area contributed by atoms with Crippen LogP contribution in [0.5, 0.6) is 11.5 Å². The lowest BCUT2D eigenvalue weighted by Gasteiger charge is -2.50. The number of rotatable bonds is 2. The Morgan fingerprint density at radius 3 is 2.89 bits per heavy atom. The zero-order valence-corrected chi connectivity index (χ0v) is 16.1. The van der Waals surface area contributed by atoms with Gasteiger partial charge in [-0.2, -0.15) is 0 Å². The quantitative estimate of drug-likeness (QED) is 0.594. The third-order valence-corrected chi connectivity index (χ3v) is 7.64. The van der Waals surface area contributed by atoms with Crippen molar-refractivity contribution in [3.8, 4) is 11.5 Å². The Bertz CT molecular complexity index is 902. The molecule has 5 heteroatoms. The van der Waals surface area contributed by atoms with E-state index in [0.717, 1.165) is 49.7 Å². The van der Waals surface area contributed by atoms with Crippen LogP contribution in [0.2, 0.25) is 0 Å². The van der Waals surface area contributed by atoms with E-state index < -0.39 is 5.97 Å². The normalized spacial score (nSPS) is 33.6. The van der Waals surface area contributed by atoms with Crippen molar-refractivity contribution in [1.82, 2.24) is 0 Å². The second-order valence-corrected chi connectivity index (χ2v) is 8.94. The first-order chi connectivity index (χ1) is 13.5. The molecule has 0 unspecified atom stereocenters. The molecule has 2 aromatic rings. The van der Waals surface area contributed by atoms with E-state index in [2.05, 4.69) is 6.92 Å². The smallest absolute Gasteiger partial charge is 0.379 e. The number of carbonyl (C=O) groups is 1. The van der Waals surface area contributed by atoms with Gasteiger partial charge in [0.1, 0.15) is 11.5 Å². The molecule has 0 amide bonds. The van der Waals surface area contributed by atoms with Gasteiger partial charge in [0.15, 0.2) is 0 Å². The van der Waals surface area contributed by atoms with Crippen LogP contribution in [0, 0.1) is 17.3 Å². The Morgan fingerprint density at radius 1 is 1.25 bits per heavy atom. The van der Waals surface area contributed by atoms with E-state index in [1.807, 2.05) is 6.07 Å². The number of aliphatic hydroxyl groups excluding tert-OH is 1. The number of carbonyl (C=O) groups excluding carboxylic acids is 1. The van der Waals surface area contributed by atoms with Crippen LogP contribution in [0.3, 0.4) is 0 Å². The van der Waals surface area contributed by atoms with E-state index in [1.165, 1.54) is 6.26 Å². The molecule has 0 spiro atoms. The second kappa shape index (κ2) is 6.38. The number of hydrogen-bond donors (Lipinski definition) is 2. The first-order valence-corrected chi connectivity index (χ1v) is 10.3. The van der Waals surface area contributed by atoms with Crippen molar-refractivity contribution < 1.29 is 24.2 Å². The molecule has 3 aliphatic rings. The summed E-state index contributed by atoms with van der Waals surface area (Å²) in [6, 6.07) is 6.59. The van der Waals surface area contributed by atoms with Gasteiger partial charge in [-0.05, 0) is 85.5 Å². The van der Waals surface area contributed by atoms with E-state index >= 15 is 0 Å². The van der Waals surface area contributed by atoms with Gasteiger partial charge >= 0.3 is 5.97 Å². The van der Waals surface area contributed by atoms with Crippen molar-refractivity contribution in [3.63, 3.8) is 0 Å². The van der Waals surface area contributed by atoms with Gasteiger partial charge < -0.3 is 19.4 Å². The Morgan fingerprint density at radius 2 is 2.11 bits per heavy atom. The number of aliphatic hydroxyl groups is 1. The highest BCUT2D eigenvalue weighted by molar-refractivity contribution is 5.88. The van der Waals surface area contributed by atoms with E-state index in [9.17, 15) is 15.0 Å². The third kappa shape index (κ3) is 2.60. The number of aromatic hydroxyl groups is 1. The summed E-state index contributed by atoms with van der Waals surface area (Å²) in [4.78, 5) is 12.5. The molecule has 28 heavy (non-hydrogen) atoms. The van der Waals surface area contributed by atoms with Crippen LogP contribution in [0.15, 0.2) is 34.9 Å². The van der Waals surface area contributed by atoms with Crippen molar-refractivity contribution in [3.05, 3.63) is 47.4 Å². The van der Waals surface area contributed by atoms with E-state index in [4.69, 9.17) is 9.15 Å². The van der Waals surface area contributed by atoms with Crippen molar-refractivity contribution in [1.29, 1.82) is 0 Å². The average Bonchev–Trinajstić information content (AvgIpc) is 3.30. The molecule has 5 rings (SSSR count). The Hall–Kier alpha value is -2.27. The number of benzene rings is 1. The molecule has 0 radical (unpaired) electrons. The van der Waals surface area contributed by atoms with Gasteiger partial charge in [0, 0.05) is 11.6 Å². The van der Waals surface area contributed by atoms with Gasteiger partial charge in [-0.3, -0.25) is 0 Å². The van der Waals surface area contributed by atoms with Gasteiger partial charge in [-0.15, -0.1) is 0 Å². The Balaban J connectivity index is 1.52. The number of phenols is 1. The van der Waals surface area contributed by atoms with Crippen molar-refractivity contribution in [2.45, 2.75) is 57.5 Å². The maximum absolute atomic E-state index is 12.5. The zero-order valence-electron chi connectivity index (χ0n) is 16.1. The maximum atomic E-state index is 12.5. The highest BCUT2D eigenvalue weighted by atomic mass is 16.5. The summed E-state index contributed by atoms with van der Waals surface area (Å²) < 4.78 is 10.9. The van der Waals surface area contributed by atoms with Crippen LogP contribution < -0.4 is 4.74 Å². The summed E-state index contributed by atoms with van der Waals surface area (Å²) in [5.41, 5.74) is 2.14. The van der Waals surface area contributed by atoms with E-state index in [0.29, 0.717) is 23.5 Å². The number of phenolic OH excluding ortho intramolecular Hbond substituents is 1. The monoisotopic (exact) mass is 382 g/mol. The largest absolute Gasteiger partial charge is 0.508 e. The van der Waals surface area contributed by atoms with Crippen LogP contribution in [-0.4, -0.2) is 22.3 Å². The molecule has 5 atom stereocenters. The van der Waals surface area contributed by atoms with Crippen LogP contribution >= 0.6 is 0 Å². The minimum atomic E-state index is -0.545. The molecule has 148 valence electrons. The number of fused-ring (bicyclic) bond motifs is 5. The highest BCUT2D eigenvalue weighted by Crippen LogP contribution is 2.62. The topological polar surface area (TPSA) is 79.9 Å². The van der Waals surface area contributed by atoms with Gasteiger partial charge in [-0.25, -0.2) is 4.79 Å². The summed E-state index contributed by atoms with van der Waals surface area (Å²) in [6.45, 7) is 2.25. The number of hydrogen-bond acceptors (Lipinski definition) is 5. The van der Waals surface area contributed by atoms with Crippen molar-refractivity contribution in [2.24, 2.45) is 17.3 Å². The minimum absolute atomic E-state index is 0.000593. The summed E-state index contributed by atoms with van der Waals surface area (Å²) >= 11 is 0. The lowest BCUT2D eigenvalue weighted by atomic mass is 9.55. The summed E-state index contributed by atoms with van der Waals surface area (Å²) in [5, 5.41) is 20.8. The molecule has 1 aromatic heterocycles. The fourth-order valence-electron chi connectivity index (χ4n) is 6.27. The number of furan rings is 1. The number of ether oxygens (including phenoxy) is 1. The first-order valence-electron chi connectivity index (χ1n) is 10.3. The van der Waals surface area contributed by atoms with Crippen LogP contribution in [0.25, 0.3) is 0 Å². The predicted molar refractivity (Wildman–Crippen MR) is 102 cm³/mol. The minimum Gasteiger partial charge on any atom is -0.508 e. The highest BCUT2D eigenvalue weighted by Gasteiger charge is 2.54. The van der Waals surface area contributed by atoms with Crippen molar-refractivity contribution >= 4 is 5.97 Å². The molecule has 1 heterocycles. The van der Waals surface area contributed by atoms with Gasteiger partial charge in [0.05, 0.1) is 12.4 Å². The fraction of sp³-hybridized carbons (Fsp3) is 0.522. The van der Waals surface area contributed by atoms with E-state index in [1.54, 1.807) is 18.2 Å². The molecule has 5 nitrogen and oxygen atoms in total. The van der Waals surface area contributed by atoms with Gasteiger partial charge in [-0.1, -0.05) is 6.92 Å². The van der Waals surface area contributed by atoms with Gasteiger partial charge in [0.25, 0.3) is 0 Å². The SMILES string of the molecule is C[C@]12CC[C@@H]3c4c(cc(O)cc4OC(=O)c4ccco4)CC[C@H]3[C@@H]1CC[C@H]2O. The first kappa shape index (κ1) is 17.8. The standard InChI is InChI=1S/C23H26O5/c1-23-9-8-16-15(17(23)6-7-20(23)25)5-4-13-11-14(24)12-19(21(13)16)28-22(26)18-3-2-10-27-18/h2-3,10-12,15-17,20,24-25H,4-9H2,1H3/t15-,16+,17+,20-,23+/m1/s1. The Labute approximate surface area is 164 Å². The predicted octanol–water partition coefficient (Wildman–Crippen LogP) is 4.42. The summed E-state index contributed by atoms with van der Waals surface area (Å²) in [5.74, 6) is 1.46. The molecule has 2 N–H and O–H groups in total. The Kier molecular flexibility index (Phi) is 4.05. The van der Waals surface area contributed by atoms with Crippen molar-refractivity contribution in [2.75, 3.05) is 0 Å². The maximum Gasteiger partial charge on any atom is 0.379 e. The van der Waals surface area contributed by atoms with Gasteiger partial charge in [0.2, 0.25) is 5.76 Å². The molecule has 3 aliphatic carbocycles. The molecular weight excluding hydrogens is 356 g/mol. The zero-order chi connectivity index (χ0) is 19.5. The average molecular weight is 382 g/mol. The lowest BCUT2D eigenvalue weighted by molar-refractivity contribution is -0.0229. The molecular formula is C23H26O5. The molecule has 2 saturated carbocycles. The van der Waals surface area contributed by atoms with Crippen LogP contribution in [0.1, 0.15) is 66.6 Å². The number of esters is 1. The summed E-state index contributed by atoms with van der Waals surface area (Å²) in [6.07, 6.45) is 7.04. The molecule has 0 saturated heterocycles. The number of aryl methyl sites for hydroxylation is 1. The molecule has 0 aliphatic heterocycles. The summed E-state index contributed by atoms with van der Waals surface area (Å²) in [7, 11) is 0. The van der Waals surface area contributed by atoms with Crippen LogP contribution in [0.4, 0.5) is 0 Å². The fourth-order valence-corrected chi connectivity index (χ4v) is 6.27. The molecule has 1 aromatic carbocycles. The second-order valence-electron chi connectivity index (χ2n) is 8.94. The van der Waals surface area contributed by atoms with Crippen LogP contribution in [-0.2, 0) is 6.42 Å². The lowest BCUT2D eigenvalue weighted by Crippen LogP contribution is -2.44. The third-order valence-electron chi connectivity index (χ3n) is 7.64.